The number of carbonyl (C=O) groups excluding carboxylic acids is 1. The SMILES string of the molecule is COc1ccc2c(cnn2/C(=C\c2ccccc2)C(C)=O)c1. The van der Waals surface area contributed by atoms with Crippen molar-refractivity contribution in [2.24, 2.45) is 0 Å². The number of fused-ring (bicyclic) bond motifs is 1. The van der Waals surface area contributed by atoms with E-state index >= 15 is 0 Å². The van der Waals surface area contributed by atoms with E-state index in [1.54, 1.807) is 24.9 Å². The van der Waals surface area contributed by atoms with Crippen LogP contribution in [0.25, 0.3) is 22.7 Å². The number of Topliss-reactive ketones (excluding diaryl/α,β-unsaturated/α-hetero) is 1. The van der Waals surface area contributed by atoms with Crippen LogP contribution in [0.2, 0.25) is 0 Å². The molecule has 0 unspecified atom stereocenters. The van der Waals surface area contributed by atoms with Gasteiger partial charge in [-0.05, 0) is 29.8 Å². The lowest BCUT2D eigenvalue weighted by atomic mass is 10.1. The normalized spacial score (nSPS) is 11.6. The van der Waals surface area contributed by atoms with E-state index in [0.29, 0.717) is 5.70 Å². The molecule has 0 fully saturated rings. The third kappa shape index (κ3) is 2.63. The topological polar surface area (TPSA) is 44.1 Å². The molecule has 110 valence electrons. The molecule has 0 radical (unpaired) electrons. The summed E-state index contributed by atoms with van der Waals surface area (Å²) >= 11 is 0. The monoisotopic (exact) mass is 292 g/mol. The molecule has 4 heteroatoms. The summed E-state index contributed by atoms with van der Waals surface area (Å²) in [5.41, 5.74) is 2.37. The molecule has 0 saturated heterocycles. The number of carbonyl (C=O) groups is 1. The van der Waals surface area contributed by atoms with Gasteiger partial charge >= 0.3 is 0 Å². The molecule has 4 nitrogen and oxygen atoms in total. The summed E-state index contributed by atoms with van der Waals surface area (Å²) in [5, 5.41) is 5.29. The molecular weight excluding hydrogens is 276 g/mol. The molecule has 0 aliphatic rings. The van der Waals surface area contributed by atoms with E-state index < -0.39 is 0 Å². The molecule has 0 amide bonds. The summed E-state index contributed by atoms with van der Waals surface area (Å²) in [6.45, 7) is 1.55. The van der Waals surface area contributed by atoms with E-state index in [-0.39, 0.29) is 5.78 Å². The first-order valence-corrected chi connectivity index (χ1v) is 6.99. The summed E-state index contributed by atoms with van der Waals surface area (Å²) in [6.07, 6.45) is 3.58. The number of allylic oxidation sites excluding steroid dienone is 1. The van der Waals surface area contributed by atoms with Crippen molar-refractivity contribution in [1.82, 2.24) is 9.78 Å². The van der Waals surface area contributed by atoms with Crippen molar-refractivity contribution in [1.29, 1.82) is 0 Å². The van der Waals surface area contributed by atoms with E-state index in [4.69, 9.17) is 4.74 Å². The molecule has 0 atom stereocenters. The smallest absolute Gasteiger partial charge is 0.178 e. The molecule has 0 aliphatic carbocycles. The molecule has 3 rings (SSSR count). The summed E-state index contributed by atoms with van der Waals surface area (Å²) < 4.78 is 6.89. The van der Waals surface area contributed by atoms with Gasteiger partial charge in [0.05, 0.1) is 18.8 Å². The Hall–Kier alpha value is -2.88. The maximum atomic E-state index is 12.1. The first-order valence-electron chi connectivity index (χ1n) is 6.99. The van der Waals surface area contributed by atoms with E-state index in [0.717, 1.165) is 22.2 Å². The number of benzene rings is 2. The second kappa shape index (κ2) is 5.85. The first-order chi connectivity index (χ1) is 10.7. The van der Waals surface area contributed by atoms with Crippen LogP contribution in [0.3, 0.4) is 0 Å². The number of aromatic nitrogens is 2. The molecule has 0 saturated carbocycles. The van der Waals surface area contributed by atoms with Crippen LogP contribution in [0.4, 0.5) is 0 Å². The van der Waals surface area contributed by atoms with E-state index in [1.165, 1.54) is 0 Å². The zero-order chi connectivity index (χ0) is 15.5. The molecule has 3 aromatic rings. The van der Waals surface area contributed by atoms with Crippen LogP contribution in [-0.4, -0.2) is 22.7 Å². The van der Waals surface area contributed by atoms with Gasteiger partial charge in [0.15, 0.2) is 5.78 Å². The molecule has 0 spiro atoms. The Kier molecular flexibility index (Phi) is 3.74. The largest absolute Gasteiger partial charge is 0.497 e. The van der Waals surface area contributed by atoms with Crippen molar-refractivity contribution in [3.05, 3.63) is 60.3 Å². The number of rotatable bonds is 4. The van der Waals surface area contributed by atoms with Gasteiger partial charge in [0.1, 0.15) is 11.4 Å². The molecule has 0 aliphatic heterocycles. The number of hydrogen-bond donors (Lipinski definition) is 0. The summed E-state index contributed by atoms with van der Waals surface area (Å²) in [5.74, 6) is 0.730. The average molecular weight is 292 g/mol. The highest BCUT2D eigenvalue weighted by Gasteiger charge is 2.12. The molecule has 1 aromatic heterocycles. The highest BCUT2D eigenvalue weighted by molar-refractivity contribution is 6.19. The molecule has 0 N–H and O–H groups in total. The molecule has 1 heterocycles. The van der Waals surface area contributed by atoms with E-state index in [1.807, 2.05) is 54.6 Å². The van der Waals surface area contributed by atoms with E-state index in [9.17, 15) is 4.79 Å². The van der Waals surface area contributed by atoms with Crippen molar-refractivity contribution < 1.29 is 9.53 Å². The van der Waals surface area contributed by atoms with Gasteiger partial charge in [-0.1, -0.05) is 30.3 Å². The van der Waals surface area contributed by atoms with Crippen molar-refractivity contribution in [2.75, 3.05) is 7.11 Å². The van der Waals surface area contributed by atoms with Crippen LogP contribution in [0.5, 0.6) is 5.75 Å². The van der Waals surface area contributed by atoms with Gasteiger partial charge in [0.2, 0.25) is 0 Å². The second-order valence-electron chi connectivity index (χ2n) is 4.98. The molecule has 0 bridgehead atoms. The van der Waals surface area contributed by atoms with Crippen LogP contribution >= 0.6 is 0 Å². The lowest BCUT2D eigenvalue weighted by molar-refractivity contribution is -0.112. The first kappa shape index (κ1) is 14.1. The van der Waals surface area contributed by atoms with Crippen LogP contribution < -0.4 is 4.74 Å². The zero-order valence-corrected chi connectivity index (χ0v) is 12.5. The fourth-order valence-corrected chi connectivity index (χ4v) is 2.35. The van der Waals surface area contributed by atoms with Crippen LogP contribution in [-0.2, 0) is 4.79 Å². The fraction of sp³-hybridized carbons (Fsp3) is 0.111. The van der Waals surface area contributed by atoms with Crippen LogP contribution in [0.15, 0.2) is 54.7 Å². The highest BCUT2D eigenvalue weighted by atomic mass is 16.5. The number of nitrogens with zero attached hydrogens (tertiary/aromatic N) is 2. The molecule has 22 heavy (non-hydrogen) atoms. The third-order valence-corrected chi connectivity index (χ3v) is 3.47. The Morgan fingerprint density at radius 2 is 1.95 bits per heavy atom. The van der Waals surface area contributed by atoms with Gasteiger partial charge in [-0.3, -0.25) is 4.79 Å². The van der Waals surface area contributed by atoms with Crippen molar-refractivity contribution in [3.63, 3.8) is 0 Å². The third-order valence-electron chi connectivity index (χ3n) is 3.47. The van der Waals surface area contributed by atoms with Crippen molar-refractivity contribution in [3.8, 4) is 5.75 Å². The Morgan fingerprint density at radius 3 is 2.64 bits per heavy atom. The van der Waals surface area contributed by atoms with Crippen molar-refractivity contribution in [2.45, 2.75) is 6.92 Å². The molecule has 2 aromatic carbocycles. The maximum Gasteiger partial charge on any atom is 0.178 e. The number of hydrogen-bond acceptors (Lipinski definition) is 3. The lowest BCUT2D eigenvalue weighted by Gasteiger charge is -2.07. The Bertz CT molecular complexity index is 848. The Labute approximate surface area is 128 Å². The number of ketones is 1. The minimum atomic E-state index is -0.0373. The van der Waals surface area contributed by atoms with Crippen LogP contribution in [0, 0.1) is 0 Å². The average Bonchev–Trinajstić information content (AvgIpc) is 2.96. The van der Waals surface area contributed by atoms with Gasteiger partial charge in [0.25, 0.3) is 0 Å². The highest BCUT2D eigenvalue weighted by Crippen LogP contribution is 2.24. The van der Waals surface area contributed by atoms with Crippen LogP contribution in [0.1, 0.15) is 12.5 Å². The predicted molar refractivity (Wildman–Crippen MR) is 87.6 cm³/mol. The summed E-state index contributed by atoms with van der Waals surface area (Å²) in [4.78, 5) is 12.1. The maximum absolute atomic E-state index is 12.1. The van der Waals surface area contributed by atoms with Crippen molar-refractivity contribution >= 4 is 28.5 Å². The minimum absolute atomic E-state index is 0.0373. The lowest BCUT2D eigenvalue weighted by Crippen LogP contribution is -2.06. The van der Waals surface area contributed by atoms with Gasteiger partial charge < -0.3 is 4.74 Å². The van der Waals surface area contributed by atoms with Gasteiger partial charge in [-0.2, -0.15) is 5.10 Å². The van der Waals surface area contributed by atoms with Gasteiger partial charge in [-0.25, -0.2) is 4.68 Å². The van der Waals surface area contributed by atoms with Gasteiger partial charge in [0, 0.05) is 12.3 Å². The second-order valence-corrected chi connectivity index (χ2v) is 4.98. The summed E-state index contributed by atoms with van der Waals surface area (Å²) in [6, 6.07) is 15.4. The number of ether oxygens (including phenoxy) is 1. The minimum Gasteiger partial charge on any atom is -0.497 e. The zero-order valence-electron chi connectivity index (χ0n) is 12.5. The van der Waals surface area contributed by atoms with Gasteiger partial charge in [-0.15, -0.1) is 0 Å². The quantitative estimate of drug-likeness (QED) is 0.690. The predicted octanol–water partition coefficient (Wildman–Crippen LogP) is 3.63. The van der Waals surface area contributed by atoms with E-state index in [2.05, 4.69) is 5.10 Å². The Balaban J connectivity index is 2.14. The fourth-order valence-electron chi connectivity index (χ4n) is 2.35. The standard InChI is InChI=1S/C18H16N2O2/c1-13(21)18(10-14-6-4-3-5-7-14)20-17-9-8-16(22-2)11-15(17)12-19-20/h3-12H,1-2H3/b18-10-. The number of methoxy groups -OCH3 is 1. The summed E-state index contributed by atoms with van der Waals surface area (Å²) in [7, 11) is 1.63. The Morgan fingerprint density at radius 1 is 1.18 bits per heavy atom. The molecular formula is C18H16N2O2.